The van der Waals surface area contributed by atoms with Gasteiger partial charge >= 0.3 is 0 Å². The number of nitrogens with one attached hydrogen (secondary N) is 1. The molecule has 0 saturated heterocycles. The third-order valence-corrected chi connectivity index (χ3v) is 2.70. The number of ether oxygens (including phenoxy) is 1. The summed E-state index contributed by atoms with van der Waals surface area (Å²) in [6.45, 7) is 6.33. The van der Waals surface area contributed by atoms with Gasteiger partial charge in [0.1, 0.15) is 11.6 Å². The van der Waals surface area contributed by atoms with Crippen molar-refractivity contribution < 1.29 is 4.74 Å². The number of aromatic nitrogens is 2. The highest BCUT2D eigenvalue weighted by atomic mass is 16.5. The monoisotopic (exact) mass is 257 g/mol. The van der Waals surface area contributed by atoms with E-state index < -0.39 is 0 Å². The van der Waals surface area contributed by atoms with E-state index in [2.05, 4.69) is 22.2 Å². The molecule has 0 amide bonds. The van der Waals surface area contributed by atoms with Crippen LogP contribution in [0.2, 0.25) is 0 Å². The number of hydrogen-bond acceptors (Lipinski definition) is 4. The summed E-state index contributed by atoms with van der Waals surface area (Å²) in [7, 11) is 0. The van der Waals surface area contributed by atoms with Crippen LogP contribution in [0.1, 0.15) is 19.7 Å². The van der Waals surface area contributed by atoms with E-state index in [1.54, 1.807) is 6.20 Å². The van der Waals surface area contributed by atoms with Gasteiger partial charge in [-0.3, -0.25) is 0 Å². The topological polar surface area (TPSA) is 47.0 Å². The average molecular weight is 257 g/mol. The first-order valence-electron chi connectivity index (χ1n) is 6.59. The highest BCUT2D eigenvalue weighted by Crippen LogP contribution is 2.20. The van der Waals surface area contributed by atoms with Gasteiger partial charge in [0.25, 0.3) is 0 Å². The van der Waals surface area contributed by atoms with Gasteiger partial charge in [0.15, 0.2) is 0 Å². The smallest absolute Gasteiger partial charge is 0.142 e. The predicted molar refractivity (Wildman–Crippen MR) is 76.0 cm³/mol. The quantitative estimate of drug-likeness (QED) is 0.864. The maximum Gasteiger partial charge on any atom is 0.142 e. The van der Waals surface area contributed by atoms with Crippen molar-refractivity contribution in [2.45, 2.75) is 20.4 Å². The molecule has 0 fully saturated rings. The van der Waals surface area contributed by atoms with Crippen molar-refractivity contribution in [1.82, 2.24) is 15.3 Å². The van der Waals surface area contributed by atoms with Crippen LogP contribution in [0.15, 0.2) is 36.5 Å². The van der Waals surface area contributed by atoms with Gasteiger partial charge in [0, 0.05) is 11.8 Å². The second kappa shape index (κ2) is 6.85. The van der Waals surface area contributed by atoms with E-state index in [0.717, 1.165) is 29.4 Å². The highest BCUT2D eigenvalue weighted by molar-refractivity contribution is 5.59. The van der Waals surface area contributed by atoms with E-state index >= 15 is 0 Å². The molecule has 4 heteroatoms. The van der Waals surface area contributed by atoms with Crippen LogP contribution in [-0.4, -0.2) is 23.1 Å². The van der Waals surface area contributed by atoms with Crippen LogP contribution in [-0.2, 0) is 6.54 Å². The molecule has 100 valence electrons. The lowest BCUT2D eigenvalue weighted by atomic mass is 10.1. The first-order chi connectivity index (χ1) is 9.33. The van der Waals surface area contributed by atoms with E-state index in [-0.39, 0.29) is 0 Å². The van der Waals surface area contributed by atoms with Crippen molar-refractivity contribution in [3.63, 3.8) is 0 Å². The third-order valence-electron chi connectivity index (χ3n) is 2.70. The lowest BCUT2D eigenvalue weighted by Gasteiger charge is -2.06. The Morgan fingerprint density at radius 2 is 1.89 bits per heavy atom. The van der Waals surface area contributed by atoms with Gasteiger partial charge in [-0.1, -0.05) is 6.92 Å². The molecule has 4 nitrogen and oxygen atoms in total. The normalized spacial score (nSPS) is 10.4. The van der Waals surface area contributed by atoms with E-state index in [4.69, 9.17) is 4.74 Å². The molecule has 1 aromatic carbocycles. The van der Waals surface area contributed by atoms with Crippen LogP contribution in [0.25, 0.3) is 11.3 Å². The third kappa shape index (κ3) is 3.76. The zero-order valence-electron chi connectivity index (χ0n) is 11.4. The molecule has 0 aliphatic heterocycles. The molecule has 0 spiro atoms. The summed E-state index contributed by atoms with van der Waals surface area (Å²) in [6, 6.07) is 9.88. The summed E-state index contributed by atoms with van der Waals surface area (Å²) in [4.78, 5) is 8.79. The van der Waals surface area contributed by atoms with Crippen molar-refractivity contribution in [1.29, 1.82) is 0 Å². The second-order valence-corrected chi connectivity index (χ2v) is 4.10. The molecule has 2 rings (SSSR count). The van der Waals surface area contributed by atoms with Crippen LogP contribution in [0.3, 0.4) is 0 Å². The summed E-state index contributed by atoms with van der Waals surface area (Å²) >= 11 is 0. The van der Waals surface area contributed by atoms with E-state index in [0.29, 0.717) is 13.2 Å². The Labute approximate surface area is 113 Å². The van der Waals surface area contributed by atoms with Crippen molar-refractivity contribution in [3.8, 4) is 17.0 Å². The lowest BCUT2D eigenvalue weighted by Crippen LogP contribution is -2.14. The first-order valence-corrected chi connectivity index (χ1v) is 6.59. The molecular weight excluding hydrogens is 238 g/mol. The van der Waals surface area contributed by atoms with Gasteiger partial charge in [0.05, 0.1) is 18.8 Å². The number of rotatable bonds is 6. The van der Waals surface area contributed by atoms with Crippen LogP contribution < -0.4 is 10.1 Å². The Morgan fingerprint density at radius 3 is 2.58 bits per heavy atom. The van der Waals surface area contributed by atoms with Crippen LogP contribution in [0.5, 0.6) is 5.75 Å². The summed E-state index contributed by atoms with van der Waals surface area (Å²) in [5, 5.41) is 3.22. The Bertz CT molecular complexity index is 511. The predicted octanol–water partition coefficient (Wildman–Crippen LogP) is 2.65. The fraction of sp³-hybridized carbons (Fsp3) is 0.333. The molecule has 0 saturated carbocycles. The molecule has 1 aromatic heterocycles. The largest absolute Gasteiger partial charge is 0.494 e. The molecule has 0 radical (unpaired) electrons. The van der Waals surface area contributed by atoms with Crippen molar-refractivity contribution in [3.05, 3.63) is 42.4 Å². The zero-order valence-corrected chi connectivity index (χ0v) is 11.4. The number of nitrogens with zero attached hydrogens (tertiary/aromatic N) is 2. The summed E-state index contributed by atoms with van der Waals surface area (Å²) < 4.78 is 5.43. The molecule has 0 bridgehead atoms. The highest BCUT2D eigenvalue weighted by Gasteiger charge is 2.02. The van der Waals surface area contributed by atoms with Gasteiger partial charge < -0.3 is 10.1 Å². The van der Waals surface area contributed by atoms with Gasteiger partial charge in [-0.2, -0.15) is 0 Å². The summed E-state index contributed by atoms with van der Waals surface area (Å²) in [5.74, 6) is 1.70. The average Bonchev–Trinajstić information content (AvgIpc) is 2.46. The van der Waals surface area contributed by atoms with Crippen molar-refractivity contribution >= 4 is 0 Å². The van der Waals surface area contributed by atoms with Gasteiger partial charge in [-0.15, -0.1) is 0 Å². The van der Waals surface area contributed by atoms with Gasteiger partial charge in [0.2, 0.25) is 0 Å². The molecular formula is C15H19N3O. The molecule has 0 aliphatic rings. The molecule has 1 heterocycles. The maximum atomic E-state index is 5.43. The Kier molecular flexibility index (Phi) is 4.86. The molecule has 1 N–H and O–H groups in total. The van der Waals surface area contributed by atoms with E-state index in [1.807, 2.05) is 37.3 Å². The fourth-order valence-corrected chi connectivity index (χ4v) is 1.77. The zero-order chi connectivity index (χ0) is 13.5. The minimum atomic E-state index is 0.680. The molecule has 0 atom stereocenters. The van der Waals surface area contributed by atoms with E-state index in [9.17, 15) is 0 Å². The fourth-order valence-electron chi connectivity index (χ4n) is 1.77. The lowest BCUT2D eigenvalue weighted by molar-refractivity contribution is 0.340. The maximum absolute atomic E-state index is 5.43. The van der Waals surface area contributed by atoms with Crippen molar-refractivity contribution in [2.24, 2.45) is 0 Å². The molecule has 19 heavy (non-hydrogen) atoms. The molecule has 0 aliphatic carbocycles. The van der Waals surface area contributed by atoms with E-state index in [1.165, 1.54) is 0 Å². The summed E-state index contributed by atoms with van der Waals surface area (Å²) in [5.41, 5.74) is 2.01. The van der Waals surface area contributed by atoms with Gasteiger partial charge in [-0.05, 0) is 43.8 Å². The van der Waals surface area contributed by atoms with Gasteiger partial charge in [-0.25, -0.2) is 9.97 Å². The number of benzene rings is 1. The summed E-state index contributed by atoms with van der Waals surface area (Å²) in [6.07, 6.45) is 1.80. The second-order valence-electron chi connectivity index (χ2n) is 4.10. The minimum Gasteiger partial charge on any atom is -0.494 e. The standard InChI is InChI=1S/C15H19N3O/c1-3-16-11-15-17-10-9-14(18-15)12-5-7-13(8-6-12)19-4-2/h5-10,16H,3-4,11H2,1-2H3. The van der Waals surface area contributed by atoms with Crippen molar-refractivity contribution in [2.75, 3.05) is 13.2 Å². The molecule has 2 aromatic rings. The minimum absolute atomic E-state index is 0.680. The SMILES string of the molecule is CCNCc1nccc(-c2ccc(OCC)cc2)n1. The van der Waals surface area contributed by atoms with Crippen LogP contribution in [0.4, 0.5) is 0 Å². The van der Waals surface area contributed by atoms with Crippen LogP contribution >= 0.6 is 0 Å². The Hall–Kier alpha value is -1.94. The molecule has 0 unspecified atom stereocenters. The Balaban J connectivity index is 2.16. The Morgan fingerprint density at radius 1 is 1.11 bits per heavy atom. The first kappa shape index (κ1) is 13.5. The number of hydrogen-bond donors (Lipinski definition) is 1. The van der Waals surface area contributed by atoms with Crippen LogP contribution in [0, 0.1) is 0 Å².